The van der Waals surface area contributed by atoms with Crippen molar-refractivity contribution in [2.24, 2.45) is 5.92 Å². The number of hydrogen-bond donors (Lipinski definition) is 1. The van der Waals surface area contributed by atoms with E-state index in [1.54, 1.807) is 0 Å². The maximum Gasteiger partial charge on any atom is 0.220 e. The summed E-state index contributed by atoms with van der Waals surface area (Å²) in [5.41, 5.74) is 1.11. The smallest absolute Gasteiger partial charge is 0.220 e. The van der Waals surface area contributed by atoms with Crippen LogP contribution >= 0.6 is 0 Å². The summed E-state index contributed by atoms with van der Waals surface area (Å²) in [5, 5.41) is 2.87. The van der Waals surface area contributed by atoms with Crippen LogP contribution in [-0.4, -0.2) is 19.1 Å². The summed E-state index contributed by atoms with van der Waals surface area (Å²) in [4.78, 5) is 11.8. The molecule has 0 heterocycles. The third-order valence-electron chi connectivity index (χ3n) is 4.64. The predicted molar refractivity (Wildman–Crippen MR) is 102 cm³/mol. The minimum Gasteiger partial charge on any atom is -0.481 e. The quantitative estimate of drug-likeness (QED) is 0.567. The summed E-state index contributed by atoms with van der Waals surface area (Å²) in [5.74, 6) is 7.59. The van der Waals surface area contributed by atoms with E-state index in [0.717, 1.165) is 30.1 Å². The molecule has 0 saturated heterocycles. The van der Waals surface area contributed by atoms with Crippen molar-refractivity contribution in [3.8, 4) is 17.6 Å². The summed E-state index contributed by atoms with van der Waals surface area (Å²) < 4.78 is 5.69. The Balaban J connectivity index is 1.60. The molecule has 1 fully saturated rings. The second-order valence-electron chi connectivity index (χ2n) is 6.56. The van der Waals surface area contributed by atoms with Crippen LogP contribution in [0.2, 0.25) is 0 Å². The maximum atomic E-state index is 11.8. The Morgan fingerprint density at radius 3 is 2.84 bits per heavy atom. The predicted octanol–water partition coefficient (Wildman–Crippen LogP) is 4.27. The van der Waals surface area contributed by atoms with Crippen molar-refractivity contribution in [3.05, 3.63) is 42.5 Å². The number of rotatable bonds is 8. The molecule has 1 aliphatic carbocycles. The first-order valence-electron chi connectivity index (χ1n) is 9.33. The van der Waals surface area contributed by atoms with Crippen molar-refractivity contribution >= 4 is 5.91 Å². The fraction of sp³-hybridized carbons (Fsp3) is 0.500. The van der Waals surface area contributed by atoms with Gasteiger partial charge in [-0.25, -0.2) is 0 Å². The van der Waals surface area contributed by atoms with Gasteiger partial charge in [0.15, 0.2) is 0 Å². The second kappa shape index (κ2) is 11.4. The van der Waals surface area contributed by atoms with Crippen LogP contribution in [-0.2, 0) is 11.2 Å². The van der Waals surface area contributed by atoms with E-state index in [1.165, 1.54) is 32.1 Å². The summed E-state index contributed by atoms with van der Waals surface area (Å²) in [7, 11) is 0. The number of ether oxygens (including phenoxy) is 1. The van der Waals surface area contributed by atoms with E-state index in [-0.39, 0.29) is 5.91 Å². The molecule has 134 valence electrons. The van der Waals surface area contributed by atoms with Crippen LogP contribution < -0.4 is 10.1 Å². The number of carbonyl (C=O) groups excluding carboxylic acids is 1. The first-order valence-corrected chi connectivity index (χ1v) is 9.33. The van der Waals surface area contributed by atoms with Crippen molar-refractivity contribution in [1.29, 1.82) is 0 Å². The van der Waals surface area contributed by atoms with Gasteiger partial charge in [0.25, 0.3) is 0 Å². The summed E-state index contributed by atoms with van der Waals surface area (Å²) in [6, 6.07) is 7.90. The Hall–Kier alpha value is -2.21. The van der Waals surface area contributed by atoms with Gasteiger partial charge >= 0.3 is 0 Å². The Morgan fingerprint density at radius 2 is 2.04 bits per heavy atom. The van der Waals surface area contributed by atoms with Gasteiger partial charge < -0.3 is 10.1 Å². The Morgan fingerprint density at radius 1 is 1.24 bits per heavy atom. The average Bonchev–Trinajstić information content (AvgIpc) is 2.65. The highest BCUT2D eigenvalue weighted by Gasteiger charge is 2.14. The fourth-order valence-corrected chi connectivity index (χ4v) is 3.24. The van der Waals surface area contributed by atoms with Crippen LogP contribution in [0.3, 0.4) is 0 Å². The van der Waals surface area contributed by atoms with E-state index in [4.69, 9.17) is 4.74 Å². The molecule has 3 heteroatoms. The lowest BCUT2D eigenvalue weighted by atomic mass is 9.86. The van der Waals surface area contributed by atoms with Gasteiger partial charge in [0, 0.05) is 6.42 Å². The molecule has 1 aliphatic rings. The number of carbonyl (C=O) groups is 1. The number of amides is 1. The van der Waals surface area contributed by atoms with Crippen molar-refractivity contribution in [2.45, 2.75) is 51.4 Å². The molecule has 0 spiro atoms. The molecule has 0 radical (unpaired) electrons. The topological polar surface area (TPSA) is 38.3 Å². The zero-order chi connectivity index (χ0) is 17.7. The molecule has 25 heavy (non-hydrogen) atoms. The van der Waals surface area contributed by atoms with Crippen molar-refractivity contribution in [2.75, 3.05) is 13.2 Å². The van der Waals surface area contributed by atoms with Gasteiger partial charge in [0.2, 0.25) is 5.91 Å². The number of benzene rings is 1. The van der Waals surface area contributed by atoms with Crippen LogP contribution in [0.1, 0.15) is 50.5 Å². The zero-order valence-electron chi connectivity index (χ0n) is 15.1. The Labute approximate surface area is 151 Å². The molecule has 3 nitrogen and oxygen atoms in total. The third kappa shape index (κ3) is 7.47. The summed E-state index contributed by atoms with van der Waals surface area (Å²) in [6.07, 6.45) is 10.9. The van der Waals surface area contributed by atoms with Crippen LogP contribution in [0.25, 0.3) is 0 Å². The largest absolute Gasteiger partial charge is 0.481 e. The number of para-hydroxylation sites is 1. The van der Waals surface area contributed by atoms with Gasteiger partial charge in [-0.2, -0.15) is 0 Å². The van der Waals surface area contributed by atoms with Crippen LogP contribution in [0, 0.1) is 17.8 Å². The van der Waals surface area contributed by atoms with Crippen LogP contribution in [0.4, 0.5) is 0 Å². The highest BCUT2D eigenvalue weighted by molar-refractivity contribution is 5.76. The van der Waals surface area contributed by atoms with E-state index in [9.17, 15) is 4.79 Å². The number of allylic oxidation sites excluding steroid dienone is 1. The molecular weight excluding hydrogens is 310 g/mol. The lowest BCUT2D eigenvalue weighted by Gasteiger charge is -2.20. The SMILES string of the molecule is C=CCc1ccccc1OCC#CCNC(=O)CCC1CCCCC1. The average molecular weight is 339 g/mol. The first-order chi connectivity index (χ1) is 12.3. The van der Waals surface area contributed by atoms with Gasteiger partial charge in [0.05, 0.1) is 6.54 Å². The Bertz CT molecular complexity index is 606. The molecule has 1 amide bonds. The third-order valence-corrected chi connectivity index (χ3v) is 4.64. The molecule has 2 rings (SSSR count). The van der Waals surface area contributed by atoms with Gasteiger partial charge in [-0.05, 0) is 30.4 Å². The molecule has 1 N–H and O–H groups in total. The molecule has 0 atom stereocenters. The monoisotopic (exact) mass is 339 g/mol. The Kier molecular flexibility index (Phi) is 8.69. The van der Waals surface area contributed by atoms with Crippen molar-refractivity contribution in [3.63, 3.8) is 0 Å². The van der Waals surface area contributed by atoms with Gasteiger partial charge in [0.1, 0.15) is 12.4 Å². The molecule has 1 aromatic rings. The molecule has 1 saturated carbocycles. The van der Waals surface area contributed by atoms with Gasteiger partial charge in [-0.1, -0.05) is 68.2 Å². The van der Waals surface area contributed by atoms with E-state index >= 15 is 0 Å². The van der Waals surface area contributed by atoms with Gasteiger partial charge in [-0.15, -0.1) is 6.58 Å². The zero-order valence-corrected chi connectivity index (χ0v) is 15.1. The lowest BCUT2D eigenvalue weighted by molar-refractivity contribution is -0.121. The van der Waals surface area contributed by atoms with E-state index in [0.29, 0.717) is 19.6 Å². The van der Waals surface area contributed by atoms with Crippen molar-refractivity contribution in [1.82, 2.24) is 5.32 Å². The standard InChI is InChI=1S/C22H29NO2/c1-2-10-20-13-6-7-14-21(20)25-18-9-8-17-23-22(24)16-15-19-11-4-3-5-12-19/h2,6-7,13-14,19H,1,3-5,10-12,15-18H2,(H,23,24). The molecular formula is C22H29NO2. The van der Waals surface area contributed by atoms with Crippen molar-refractivity contribution < 1.29 is 9.53 Å². The van der Waals surface area contributed by atoms with Crippen LogP contribution in [0.15, 0.2) is 36.9 Å². The normalized spacial score (nSPS) is 14.2. The first kappa shape index (κ1) is 19.1. The minimum absolute atomic E-state index is 0.108. The van der Waals surface area contributed by atoms with E-state index < -0.39 is 0 Å². The van der Waals surface area contributed by atoms with E-state index in [1.807, 2.05) is 30.3 Å². The lowest BCUT2D eigenvalue weighted by Crippen LogP contribution is -2.24. The summed E-state index contributed by atoms with van der Waals surface area (Å²) >= 11 is 0. The molecule has 0 unspecified atom stereocenters. The number of hydrogen-bond acceptors (Lipinski definition) is 2. The fourth-order valence-electron chi connectivity index (χ4n) is 3.24. The molecule has 1 aromatic carbocycles. The summed E-state index contributed by atoms with van der Waals surface area (Å²) in [6.45, 7) is 4.47. The van der Waals surface area contributed by atoms with Crippen LogP contribution in [0.5, 0.6) is 5.75 Å². The number of nitrogens with one attached hydrogen (secondary N) is 1. The molecule has 0 bridgehead atoms. The second-order valence-corrected chi connectivity index (χ2v) is 6.56. The van der Waals surface area contributed by atoms with Gasteiger partial charge in [-0.3, -0.25) is 4.79 Å². The molecule has 0 aliphatic heterocycles. The molecule has 0 aromatic heterocycles. The van der Waals surface area contributed by atoms with E-state index in [2.05, 4.69) is 23.7 Å². The highest BCUT2D eigenvalue weighted by atomic mass is 16.5. The highest BCUT2D eigenvalue weighted by Crippen LogP contribution is 2.27. The maximum absolute atomic E-state index is 11.8. The minimum atomic E-state index is 0.108.